The third-order valence-electron chi connectivity index (χ3n) is 2.13. The largest absolute Gasteiger partial charge is 0.476 e. The molecule has 0 amide bonds. The molecule has 0 aliphatic carbocycles. The highest BCUT2D eigenvalue weighted by Gasteiger charge is 2.15. The van der Waals surface area contributed by atoms with Gasteiger partial charge in [0.05, 0.1) is 21.4 Å². The van der Waals surface area contributed by atoms with E-state index >= 15 is 0 Å². The highest BCUT2D eigenvalue weighted by atomic mass is 32.2. The van der Waals surface area contributed by atoms with E-state index in [-0.39, 0.29) is 22.1 Å². The van der Waals surface area contributed by atoms with Gasteiger partial charge in [-0.2, -0.15) is 0 Å². The van der Waals surface area contributed by atoms with Gasteiger partial charge in [-0.3, -0.25) is 4.21 Å². The summed E-state index contributed by atoms with van der Waals surface area (Å²) in [5.41, 5.74) is -0.268. The molecule has 0 aliphatic heterocycles. The average molecular weight is 269 g/mol. The molecule has 0 bridgehead atoms. The van der Waals surface area contributed by atoms with Crippen LogP contribution in [0.1, 0.15) is 16.2 Å². The molecular weight excluding hydrogens is 261 g/mol. The molecule has 0 aliphatic rings. The Bertz CT molecular complexity index is 611. The minimum absolute atomic E-state index is 0.0470. The van der Waals surface area contributed by atoms with Crippen LogP contribution in [0.4, 0.5) is 4.39 Å². The Morgan fingerprint density at radius 2 is 2.17 bits per heavy atom. The number of rotatable bonds is 4. The van der Waals surface area contributed by atoms with Crippen molar-refractivity contribution in [2.24, 2.45) is 0 Å². The molecule has 0 saturated heterocycles. The van der Waals surface area contributed by atoms with E-state index in [1.54, 1.807) is 6.07 Å². The monoisotopic (exact) mass is 269 g/mol. The third kappa shape index (κ3) is 2.62. The summed E-state index contributed by atoms with van der Waals surface area (Å²) in [6, 6.07) is 6.84. The zero-order valence-corrected chi connectivity index (χ0v) is 9.82. The minimum Gasteiger partial charge on any atom is -0.476 e. The Kier molecular flexibility index (Phi) is 3.52. The summed E-state index contributed by atoms with van der Waals surface area (Å²) in [5, 5.41) is 11.9. The first-order valence-corrected chi connectivity index (χ1v) is 6.21. The molecule has 1 N–H and O–H groups in total. The van der Waals surface area contributed by atoms with Crippen LogP contribution in [-0.4, -0.2) is 20.4 Å². The Balaban J connectivity index is 2.16. The second kappa shape index (κ2) is 5.09. The number of aromatic carboxylic acids is 1. The molecule has 2 rings (SSSR count). The first-order chi connectivity index (χ1) is 8.58. The van der Waals surface area contributed by atoms with Gasteiger partial charge in [-0.15, -0.1) is 0 Å². The highest BCUT2D eigenvalue weighted by Crippen LogP contribution is 2.16. The Labute approximate surface area is 104 Å². The molecule has 94 valence electrons. The fourth-order valence-corrected chi connectivity index (χ4v) is 2.38. The van der Waals surface area contributed by atoms with Crippen molar-refractivity contribution in [1.82, 2.24) is 5.16 Å². The van der Waals surface area contributed by atoms with Gasteiger partial charge in [0.1, 0.15) is 11.6 Å². The van der Waals surface area contributed by atoms with Gasteiger partial charge in [-0.25, -0.2) is 9.18 Å². The number of benzene rings is 1. The van der Waals surface area contributed by atoms with E-state index in [1.807, 2.05) is 0 Å². The molecule has 1 atom stereocenters. The number of carboxylic acid groups (broad SMARTS) is 1. The molecule has 1 aromatic heterocycles. The first-order valence-electron chi connectivity index (χ1n) is 4.89. The average Bonchev–Trinajstić information content (AvgIpc) is 2.78. The maximum absolute atomic E-state index is 13.3. The van der Waals surface area contributed by atoms with Gasteiger partial charge in [-0.05, 0) is 12.1 Å². The molecule has 0 radical (unpaired) electrons. The summed E-state index contributed by atoms with van der Waals surface area (Å²) >= 11 is 0. The third-order valence-corrected chi connectivity index (χ3v) is 3.50. The van der Waals surface area contributed by atoms with E-state index in [9.17, 15) is 13.4 Å². The van der Waals surface area contributed by atoms with E-state index in [0.29, 0.717) is 0 Å². The van der Waals surface area contributed by atoms with Gasteiger partial charge in [0, 0.05) is 6.07 Å². The van der Waals surface area contributed by atoms with Crippen LogP contribution in [0.15, 0.2) is 39.8 Å². The molecule has 5 nitrogen and oxygen atoms in total. The molecule has 1 unspecified atom stereocenters. The van der Waals surface area contributed by atoms with Gasteiger partial charge in [0.25, 0.3) is 0 Å². The maximum Gasteiger partial charge on any atom is 0.358 e. The smallest absolute Gasteiger partial charge is 0.358 e. The normalized spacial score (nSPS) is 12.3. The van der Waals surface area contributed by atoms with Crippen molar-refractivity contribution in [3.8, 4) is 0 Å². The number of carboxylic acids is 1. The SMILES string of the molecule is O=C(O)c1cc(CS(=O)c2ccccc2F)on1. The van der Waals surface area contributed by atoms with Gasteiger partial charge >= 0.3 is 5.97 Å². The molecule has 1 aromatic carbocycles. The maximum atomic E-state index is 13.3. The van der Waals surface area contributed by atoms with Crippen LogP contribution in [0, 0.1) is 5.82 Å². The van der Waals surface area contributed by atoms with Crippen LogP contribution in [0.5, 0.6) is 0 Å². The lowest BCUT2D eigenvalue weighted by molar-refractivity contribution is 0.0685. The van der Waals surface area contributed by atoms with Crippen molar-refractivity contribution in [1.29, 1.82) is 0 Å². The lowest BCUT2D eigenvalue weighted by Crippen LogP contribution is -1.98. The number of nitrogens with zero attached hydrogens (tertiary/aromatic N) is 1. The molecule has 0 fully saturated rings. The fraction of sp³-hybridized carbons (Fsp3) is 0.0909. The Morgan fingerprint density at radius 1 is 1.44 bits per heavy atom. The molecule has 2 aromatic rings. The molecule has 1 heterocycles. The van der Waals surface area contributed by atoms with Crippen LogP contribution in [0.25, 0.3) is 0 Å². The quantitative estimate of drug-likeness (QED) is 0.915. The van der Waals surface area contributed by atoms with E-state index in [2.05, 4.69) is 5.16 Å². The molecule has 18 heavy (non-hydrogen) atoms. The summed E-state index contributed by atoms with van der Waals surface area (Å²) in [4.78, 5) is 10.6. The van der Waals surface area contributed by atoms with Crippen molar-refractivity contribution in [3.63, 3.8) is 0 Å². The second-order valence-electron chi connectivity index (χ2n) is 3.40. The fourth-order valence-electron chi connectivity index (χ4n) is 1.32. The topological polar surface area (TPSA) is 80.4 Å². The summed E-state index contributed by atoms with van der Waals surface area (Å²) < 4.78 is 29.9. The Hall–Kier alpha value is -2.02. The summed E-state index contributed by atoms with van der Waals surface area (Å²) in [6.07, 6.45) is 0. The van der Waals surface area contributed by atoms with E-state index in [4.69, 9.17) is 9.63 Å². The standard InChI is InChI=1S/C11H8FNO4S/c12-8-3-1-2-4-10(8)18(16)6-7-5-9(11(14)15)13-17-7/h1-5H,6H2,(H,14,15). The number of hydrogen-bond donors (Lipinski definition) is 1. The van der Waals surface area contributed by atoms with E-state index in [1.165, 1.54) is 24.3 Å². The van der Waals surface area contributed by atoms with Gasteiger partial charge in [-0.1, -0.05) is 17.3 Å². The van der Waals surface area contributed by atoms with Gasteiger partial charge in [0.2, 0.25) is 0 Å². The highest BCUT2D eigenvalue weighted by molar-refractivity contribution is 7.84. The predicted octanol–water partition coefficient (Wildman–Crippen LogP) is 1.82. The van der Waals surface area contributed by atoms with Crippen LogP contribution in [0.3, 0.4) is 0 Å². The summed E-state index contributed by atoms with van der Waals surface area (Å²) in [6.45, 7) is 0. The van der Waals surface area contributed by atoms with Gasteiger partial charge < -0.3 is 9.63 Å². The van der Waals surface area contributed by atoms with Crippen molar-refractivity contribution in [3.05, 3.63) is 47.6 Å². The van der Waals surface area contributed by atoms with Crippen LogP contribution in [-0.2, 0) is 16.6 Å². The molecule has 0 spiro atoms. The molecule has 0 saturated carbocycles. The second-order valence-corrected chi connectivity index (χ2v) is 4.82. The van der Waals surface area contributed by atoms with Crippen LogP contribution in [0.2, 0.25) is 0 Å². The minimum atomic E-state index is -1.65. The number of carbonyl (C=O) groups is 1. The van der Waals surface area contributed by atoms with Crippen molar-refractivity contribution < 1.29 is 23.0 Å². The van der Waals surface area contributed by atoms with Crippen molar-refractivity contribution in [2.45, 2.75) is 10.6 Å². The number of halogens is 1. The van der Waals surface area contributed by atoms with Gasteiger partial charge in [0.15, 0.2) is 5.69 Å². The van der Waals surface area contributed by atoms with E-state index < -0.39 is 22.6 Å². The van der Waals surface area contributed by atoms with Crippen molar-refractivity contribution in [2.75, 3.05) is 0 Å². The van der Waals surface area contributed by atoms with Crippen LogP contribution >= 0.6 is 0 Å². The van der Waals surface area contributed by atoms with Crippen LogP contribution < -0.4 is 0 Å². The van der Waals surface area contributed by atoms with Crippen molar-refractivity contribution >= 4 is 16.8 Å². The van der Waals surface area contributed by atoms with E-state index in [0.717, 1.165) is 0 Å². The summed E-state index contributed by atoms with van der Waals surface area (Å²) in [5.74, 6) is -1.80. The lowest BCUT2D eigenvalue weighted by Gasteiger charge is -2.00. The Morgan fingerprint density at radius 3 is 2.78 bits per heavy atom. The predicted molar refractivity (Wildman–Crippen MR) is 60.0 cm³/mol. The number of hydrogen-bond acceptors (Lipinski definition) is 4. The zero-order valence-electron chi connectivity index (χ0n) is 9.00. The summed E-state index contributed by atoms with van der Waals surface area (Å²) in [7, 11) is -1.65. The zero-order chi connectivity index (χ0) is 13.1. The number of aromatic nitrogens is 1. The molecular formula is C11H8FNO4S. The molecule has 7 heteroatoms. The lowest BCUT2D eigenvalue weighted by atomic mass is 10.3. The first kappa shape index (κ1) is 12.4.